The first-order valence-electron chi connectivity index (χ1n) is 10.2. The number of hydrogen-bond acceptors (Lipinski definition) is 5. The van der Waals surface area contributed by atoms with Crippen LogP contribution in [-0.2, 0) is 19.1 Å². The topological polar surface area (TPSA) is 91.3 Å². The Labute approximate surface area is 168 Å². The monoisotopic (exact) mass is 396 g/mol. The second-order valence-electron chi connectivity index (χ2n) is 8.14. The van der Waals surface area contributed by atoms with Crippen LogP contribution in [-0.4, -0.2) is 58.1 Å². The van der Waals surface area contributed by atoms with E-state index in [0.29, 0.717) is 51.6 Å². The molecule has 0 bridgehead atoms. The van der Waals surface area contributed by atoms with Gasteiger partial charge in [-0.15, -0.1) is 0 Å². The summed E-state index contributed by atoms with van der Waals surface area (Å²) in [6.45, 7) is 1.13. The lowest BCUT2D eigenvalue weighted by Gasteiger charge is -2.32. The van der Waals surface area contributed by atoms with Crippen LogP contribution >= 0.6 is 0 Å². The van der Waals surface area contributed by atoms with Crippen LogP contribution in [0.3, 0.4) is 0 Å². The zero-order valence-corrected chi connectivity index (χ0v) is 16.2. The lowest BCUT2D eigenvalue weighted by Crippen LogP contribution is -2.48. The summed E-state index contributed by atoms with van der Waals surface area (Å²) < 4.78 is 6.48. The molecule has 1 aromatic carbocycles. The Balaban J connectivity index is 1.28. The number of ether oxygens (including phenoxy) is 1. The summed E-state index contributed by atoms with van der Waals surface area (Å²) in [6.07, 6.45) is 2.69. The van der Waals surface area contributed by atoms with Gasteiger partial charge in [-0.25, -0.2) is 5.43 Å². The Morgan fingerprint density at radius 3 is 2.83 bits per heavy atom. The summed E-state index contributed by atoms with van der Waals surface area (Å²) in [6, 6.07) is 9.71. The number of hydrazone groups is 1. The second-order valence-corrected chi connectivity index (χ2v) is 8.14. The van der Waals surface area contributed by atoms with Crippen molar-refractivity contribution in [3.63, 3.8) is 0 Å². The molecule has 0 unspecified atom stereocenters. The van der Waals surface area contributed by atoms with E-state index in [1.807, 2.05) is 40.1 Å². The number of hydrogen-bond donors (Lipinski definition) is 1. The molecule has 1 N–H and O–H groups in total. The van der Waals surface area contributed by atoms with Crippen molar-refractivity contribution < 1.29 is 19.1 Å². The van der Waals surface area contributed by atoms with Crippen molar-refractivity contribution in [3.05, 3.63) is 35.9 Å². The highest BCUT2D eigenvalue weighted by atomic mass is 16.5. The molecular formula is C21H24N4O4. The molecule has 1 aromatic rings. The summed E-state index contributed by atoms with van der Waals surface area (Å²) in [5.74, 6) is -0.00402. The fourth-order valence-corrected chi connectivity index (χ4v) is 5.05. The van der Waals surface area contributed by atoms with Gasteiger partial charge in [-0.2, -0.15) is 5.10 Å². The van der Waals surface area contributed by atoms with E-state index in [9.17, 15) is 14.4 Å². The Bertz CT molecular complexity index is 886. The number of amides is 3. The van der Waals surface area contributed by atoms with E-state index in [1.165, 1.54) is 0 Å². The highest BCUT2D eigenvalue weighted by molar-refractivity contribution is 5.94. The fraction of sp³-hybridized carbons (Fsp3) is 0.524. The fourth-order valence-electron chi connectivity index (χ4n) is 5.05. The first-order valence-corrected chi connectivity index (χ1v) is 10.2. The van der Waals surface area contributed by atoms with Crippen LogP contribution in [0.25, 0.3) is 0 Å². The molecule has 3 atom stereocenters. The number of rotatable bonds is 4. The first kappa shape index (κ1) is 18.3. The van der Waals surface area contributed by atoms with Crippen molar-refractivity contribution in [1.29, 1.82) is 0 Å². The summed E-state index contributed by atoms with van der Waals surface area (Å²) in [4.78, 5) is 40.5. The number of likely N-dealkylation sites (tertiary alicyclic amines) is 1. The van der Waals surface area contributed by atoms with E-state index in [0.717, 1.165) is 11.3 Å². The third kappa shape index (κ3) is 3.02. The van der Waals surface area contributed by atoms with Crippen LogP contribution in [0.2, 0.25) is 0 Å². The smallest absolute Gasteiger partial charge is 0.240 e. The summed E-state index contributed by atoms with van der Waals surface area (Å²) in [5, 5.41) is 4.04. The number of nitrogens with zero attached hydrogens (tertiary/aromatic N) is 3. The SMILES string of the molecule is O=C1CCC(CCC(=O)N2CC[C@@]34O[C@H](c5ccccc5)CN3C(=O)C[C@@H]24)=NN1. The van der Waals surface area contributed by atoms with Gasteiger partial charge >= 0.3 is 0 Å². The van der Waals surface area contributed by atoms with E-state index in [2.05, 4.69) is 10.5 Å². The normalized spacial score (nSPS) is 30.8. The van der Waals surface area contributed by atoms with Crippen LogP contribution in [0, 0.1) is 0 Å². The third-order valence-electron chi connectivity index (χ3n) is 6.53. The molecule has 1 spiro atoms. The van der Waals surface area contributed by atoms with Crippen molar-refractivity contribution in [2.75, 3.05) is 13.1 Å². The van der Waals surface area contributed by atoms with Crippen molar-refractivity contribution in [2.24, 2.45) is 5.10 Å². The quantitative estimate of drug-likeness (QED) is 0.831. The highest BCUT2D eigenvalue weighted by Gasteiger charge is 2.64. The Morgan fingerprint density at radius 1 is 1.24 bits per heavy atom. The van der Waals surface area contributed by atoms with Crippen LogP contribution in [0.1, 0.15) is 50.2 Å². The van der Waals surface area contributed by atoms with Gasteiger partial charge in [0.25, 0.3) is 0 Å². The Kier molecular flexibility index (Phi) is 4.38. The number of carbonyl (C=O) groups excluding carboxylic acids is 3. The van der Waals surface area contributed by atoms with Gasteiger partial charge in [0.1, 0.15) is 6.10 Å². The van der Waals surface area contributed by atoms with Crippen LogP contribution in [0.4, 0.5) is 0 Å². The molecule has 0 saturated carbocycles. The lowest BCUT2D eigenvalue weighted by molar-refractivity contribution is -0.142. The maximum atomic E-state index is 12.9. The van der Waals surface area contributed by atoms with Crippen LogP contribution < -0.4 is 5.43 Å². The Hall–Kier alpha value is -2.74. The minimum Gasteiger partial charge on any atom is -0.343 e. The molecule has 4 aliphatic heterocycles. The second kappa shape index (κ2) is 6.95. The van der Waals surface area contributed by atoms with Gasteiger partial charge < -0.3 is 14.5 Å². The predicted octanol–water partition coefficient (Wildman–Crippen LogP) is 1.33. The largest absolute Gasteiger partial charge is 0.343 e. The molecule has 5 rings (SSSR count). The maximum absolute atomic E-state index is 12.9. The van der Waals surface area contributed by atoms with Gasteiger partial charge in [-0.05, 0) is 18.4 Å². The number of nitrogens with one attached hydrogen (secondary N) is 1. The van der Waals surface area contributed by atoms with Gasteiger partial charge in [-0.3, -0.25) is 14.4 Å². The van der Waals surface area contributed by atoms with Crippen molar-refractivity contribution in [1.82, 2.24) is 15.2 Å². The molecule has 3 fully saturated rings. The Morgan fingerprint density at radius 2 is 2.07 bits per heavy atom. The summed E-state index contributed by atoms with van der Waals surface area (Å²) in [7, 11) is 0. The summed E-state index contributed by atoms with van der Waals surface area (Å²) >= 11 is 0. The van der Waals surface area contributed by atoms with Crippen LogP contribution in [0.15, 0.2) is 35.4 Å². The molecular weight excluding hydrogens is 372 g/mol. The van der Waals surface area contributed by atoms with Crippen molar-refractivity contribution in [2.45, 2.75) is 56.4 Å². The first-order chi connectivity index (χ1) is 14.1. The molecule has 0 radical (unpaired) electrons. The van der Waals surface area contributed by atoms with E-state index >= 15 is 0 Å². The van der Waals surface area contributed by atoms with Crippen molar-refractivity contribution >= 4 is 23.4 Å². The average Bonchev–Trinajstić information content (AvgIpc) is 3.36. The molecule has 3 amide bonds. The predicted molar refractivity (Wildman–Crippen MR) is 103 cm³/mol. The molecule has 152 valence electrons. The highest BCUT2D eigenvalue weighted by Crippen LogP contribution is 2.50. The van der Waals surface area contributed by atoms with Gasteiger partial charge in [0.2, 0.25) is 17.7 Å². The standard InChI is InChI=1S/C21H24N4O4/c26-18-8-6-15(22-23-18)7-9-19(27)24-11-10-21-17(24)12-20(28)25(21)13-16(29-21)14-4-2-1-3-5-14/h1-5,16-17H,6-13H2,(H,23,26)/t16-,17+,21-/m0/s1. The molecule has 0 aromatic heterocycles. The molecule has 4 aliphatic rings. The molecule has 8 heteroatoms. The third-order valence-corrected chi connectivity index (χ3v) is 6.53. The van der Waals surface area contributed by atoms with E-state index in [4.69, 9.17) is 4.74 Å². The van der Waals surface area contributed by atoms with Gasteiger partial charge in [0.15, 0.2) is 5.72 Å². The van der Waals surface area contributed by atoms with E-state index < -0.39 is 5.72 Å². The van der Waals surface area contributed by atoms with E-state index in [1.54, 1.807) is 0 Å². The molecule has 4 heterocycles. The van der Waals surface area contributed by atoms with Crippen LogP contribution in [0.5, 0.6) is 0 Å². The number of benzene rings is 1. The van der Waals surface area contributed by atoms with Gasteiger partial charge in [0.05, 0.1) is 19.0 Å². The summed E-state index contributed by atoms with van der Waals surface area (Å²) in [5.41, 5.74) is 3.68. The molecule has 29 heavy (non-hydrogen) atoms. The van der Waals surface area contributed by atoms with Gasteiger partial charge in [0, 0.05) is 31.5 Å². The minimum atomic E-state index is -0.691. The molecule has 3 saturated heterocycles. The average molecular weight is 396 g/mol. The zero-order valence-electron chi connectivity index (χ0n) is 16.2. The maximum Gasteiger partial charge on any atom is 0.240 e. The molecule has 8 nitrogen and oxygen atoms in total. The van der Waals surface area contributed by atoms with Crippen molar-refractivity contribution in [3.8, 4) is 0 Å². The minimum absolute atomic E-state index is 0.0212. The zero-order chi connectivity index (χ0) is 20.0. The van der Waals surface area contributed by atoms with E-state index in [-0.39, 0.29) is 29.9 Å². The molecule has 0 aliphatic carbocycles. The van der Waals surface area contributed by atoms with Gasteiger partial charge in [-0.1, -0.05) is 30.3 Å². The lowest BCUT2D eigenvalue weighted by atomic mass is 10.0. The number of carbonyl (C=O) groups is 3.